The van der Waals surface area contributed by atoms with Crippen LogP contribution in [-0.4, -0.2) is 9.55 Å². The second-order valence-electron chi connectivity index (χ2n) is 14.1. The molecule has 0 fully saturated rings. The number of fused-ring (bicyclic) bond motifs is 7. The summed E-state index contributed by atoms with van der Waals surface area (Å²) in [6.07, 6.45) is 1.86. The lowest BCUT2D eigenvalue weighted by atomic mass is 9.81. The van der Waals surface area contributed by atoms with Crippen molar-refractivity contribution in [2.45, 2.75) is 19.3 Å². The number of benzene rings is 7. The molecule has 0 atom stereocenters. The van der Waals surface area contributed by atoms with E-state index in [1.165, 1.54) is 54.9 Å². The quantitative estimate of drug-likeness (QED) is 0.184. The molecule has 3 heteroatoms. The summed E-state index contributed by atoms with van der Waals surface area (Å²) in [5.74, 6) is 0.915. The molecule has 10 rings (SSSR count). The van der Waals surface area contributed by atoms with Gasteiger partial charge in [-0.1, -0.05) is 111 Å². The van der Waals surface area contributed by atoms with Crippen molar-refractivity contribution in [3.63, 3.8) is 0 Å². The van der Waals surface area contributed by atoms with E-state index in [1.54, 1.807) is 0 Å². The summed E-state index contributed by atoms with van der Waals surface area (Å²) in [5, 5.41) is 4.97. The number of rotatable bonds is 5. The summed E-state index contributed by atoms with van der Waals surface area (Å²) in [7, 11) is 0. The first-order chi connectivity index (χ1) is 25.0. The van der Waals surface area contributed by atoms with Gasteiger partial charge >= 0.3 is 0 Å². The smallest absolute Gasteiger partial charge is 0.137 e. The third-order valence-corrected chi connectivity index (χ3v) is 10.8. The fourth-order valence-corrected chi connectivity index (χ4v) is 8.26. The van der Waals surface area contributed by atoms with Crippen LogP contribution >= 0.6 is 0 Å². The maximum atomic E-state index is 4.74. The molecule has 242 valence electrons. The molecule has 0 bridgehead atoms. The first-order valence-corrected chi connectivity index (χ1v) is 17.6. The van der Waals surface area contributed by atoms with E-state index in [-0.39, 0.29) is 5.41 Å². The van der Waals surface area contributed by atoms with Crippen molar-refractivity contribution in [1.29, 1.82) is 0 Å². The summed E-state index contributed by atoms with van der Waals surface area (Å²) < 4.78 is 2.27. The maximum Gasteiger partial charge on any atom is 0.137 e. The second-order valence-corrected chi connectivity index (χ2v) is 14.1. The van der Waals surface area contributed by atoms with Crippen LogP contribution in [0.25, 0.3) is 60.6 Å². The summed E-state index contributed by atoms with van der Waals surface area (Å²) >= 11 is 0. The third-order valence-electron chi connectivity index (χ3n) is 10.8. The Labute approximate surface area is 297 Å². The predicted molar refractivity (Wildman–Crippen MR) is 214 cm³/mol. The van der Waals surface area contributed by atoms with E-state index in [0.717, 1.165) is 33.9 Å². The average Bonchev–Trinajstić information content (AvgIpc) is 3.62. The van der Waals surface area contributed by atoms with Crippen molar-refractivity contribution in [3.8, 4) is 28.1 Å². The highest BCUT2D eigenvalue weighted by Gasteiger charge is 2.36. The minimum atomic E-state index is -0.145. The van der Waals surface area contributed by atoms with Gasteiger partial charge in [-0.15, -0.1) is 0 Å². The van der Waals surface area contributed by atoms with Crippen LogP contribution in [0.3, 0.4) is 0 Å². The van der Waals surface area contributed by atoms with E-state index in [4.69, 9.17) is 4.98 Å². The normalized spacial score (nSPS) is 13.1. The lowest BCUT2D eigenvalue weighted by Crippen LogP contribution is -2.16. The molecule has 1 aliphatic carbocycles. The highest BCUT2D eigenvalue weighted by molar-refractivity contribution is 6.10. The van der Waals surface area contributed by atoms with Crippen LogP contribution in [-0.2, 0) is 5.41 Å². The second kappa shape index (κ2) is 11.3. The number of pyridine rings is 1. The predicted octanol–water partition coefficient (Wildman–Crippen LogP) is 12.8. The zero-order valence-electron chi connectivity index (χ0n) is 28.6. The third kappa shape index (κ3) is 4.62. The zero-order chi connectivity index (χ0) is 34.1. The van der Waals surface area contributed by atoms with Crippen LogP contribution in [0.15, 0.2) is 176 Å². The van der Waals surface area contributed by atoms with Crippen molar-refractivity contribution in [2.24, 2.45) is 0 Å². The Morgan fingerprint density at radius 1 is 0.471 bits per heavy atom. The SMILES string of the molecule is CC1(C)c2cc(N(c3ccc(-c4ccccc4)cc3)c3ccc4c(c3)c3ccccc3n4-c3ccccn3)ccc2-c2cc3ccccc3cc21. The summed E-state index contributed by atoms with van der Waals surface area (Å²) in [6.45, 7) is 4.74. The van der Waals surface area contributed by atoms with Gasteiger partial charge in [0, 0.05) is 39.4 Å². The summed E-state index contributed by atoms with van der Waals surface area (Å²) in [6, 6.07) is 61.7. The van der Waals surface area contributed by atoms with Gasteiger partial charge in [-0.3, -0.25) is 4.57 Å². The summed E-state index contributed by atoms with van der Waals surface area (Å²) in [4.78, 5) is 7.16. The lowest BCUT2D eigenvalue weighted by Gasteiger charge is -2.28. The molecule has 0 N–H and O–H groups in total. The van der Waals surface area contributed by atoms with Gasteiger partial charge in [0.15, 0.2) is 0 Å². The molecule has 0 saturated carbocycles. The molecule has 0 spiro atoms. The van der Waals surface area contributed by atoms with E-state index in [2.05, 4.69) is 187 Å². The molecule has 0 radical (unpaired) electrons. The van der Waals surface area contributed by atoms with E-state index in [1.807, 2.05) is 12.3 Å². The summed E-state index contributed by atoms with van der Waals surface area (Å²) in [5.41, 5.74) is 13.3. The van der Waals surface area contributed by atoms with E-state index < -0.39 is 0 Å². The minimum Gasteiger partial charge on any atom is -0.310 e. The van der Waals surface area contributed by atoms with Crippen LogP contribution < -0.4 is 4.90 Å². The fourth-order valence-electron chi connectivity index (χ4n) is 8.26. The Balaban J connectivity index is 1.17. The minimum absolute atomic E-state index is 0.145. The van der Waals surface area contributed by atoms with Crippen LogP contribution in [0.1, 0.15) is 25.0 Å². The molecule has 1 aliphatic rings. The van der Waals surface area contributed by atoms with E-state index in [0.29, 0.717) is 0 Å². The Bertz CT molecular complexity index is 2760. The number of para-hydroxylation sites is 1. The van der Waals surface area contributed by atoms with Crippen molar-refractivity contribution in [3.05, 3.63) is 187 Å². The van der Waals surface area contributed by atoms with Gasteiger partial charge in [0.2, 0.25) is 0 Å². The highest BCUT2D eigenvalue weighted by atomic mass is 15.1. The Morgan fingerprint density at radius 3 is 1.90 bits per heavy atom. The number of nitrogens with zero attached hydrogens (tertiary/aromatic N) is 3. The Kier molecular flexibility index (Phi) is 6.53. The zero-order valence-corrected chi connectivity index (χ0v) is 28.6. The molecule has 9 aromatic rings. The molecule has 51 heavy (non-hydrogen) atoms. The molecule has 0 amide bonds. The van der Waals surface area contributed by atoms with Crippen molar-refractivity contribution < 1.29 is 0 Å². The molecule has 2 aromatic heterocycles. The number of aromatic nitrogens is 2. The topological polar surface area (TPSA) is 21.1 Å². The van der Waals surface area contributed by atoms with Crippen molar-refractivity contribution in [1.82, 2.24) is 9.55 Å². The van der Waals surface area contributed by atoms with Gasteiger partial charge in [-0.2, -0.15) is 0 Å². The fraction of sp³-hybridized carbons (Fsp3) is 0.0625. The van der Waals surface area contributed by atoms with Crippen LogP contribution in [0.5, 0.6) is 0 Å². The Morgan fingerprint density at radius 2 is 1.10 bits per heavy atom. The van der Waals surface area contributed by atoms with Crippen LogP contribution in [0, 0.1) is 0 Å². The van der Waals surface area contributed by atoms with Gasteiger partial charge in [0.05, 0.1) is 11.0 Å². The maximum absolute atomic E-state index is 4.74. The van der Waals surface area contributed by atoms with E-state index in [9.17, 15) is 0 Å². The monoisotopic (exact) mass is 653 g/mol. The van der Waals surface area contributed by atoms with Crippen molar-refractivity contribution >= 4 is 49.6 Å². The highest BCUT2D eigenvalue weighted by Crippen LogP contribution is 2.52. The number of hydrogen-bond acceptors (Lipinski definition) is 2. The molecular weight excluding hydrogens is 619 g/mol. The number of hydrogen-bond donors (Lipinski definition) is 0. The molecule has 0 unspecified atom stereocenters. The first kappa shape index (κ1) is 29.5. The van der Waals surface area contributed by atoms with E-state index >= 15 is 0 Å². The van der Waals surface area contributed by atoms with Gasteiger partial charge in [-0.25, -0.2) is 4.98 Å². The molecule has 2 heterocycles. The van der Waals surface area contributed by atoms with Gasteiger partial charge in [-0.05, 0) is 117 Å². The Hall–Kier alpha value is -6.45. The van der Waals surface area contributed by atoms with Crippen molar-refractivity contribution in [2.75, 3.05) is 4.90 Å². The van der Waals surface area contributed by atoms with Gasteiger partial charge in [0.1, 0.15) is 5.82 Å². The molecule has 0 aliphatic heterocycles. The largest absolute Gasteiger partial charge is 0.310 e. The first-order valence-electron chi connectivity index (χ1n) is 17.6. The van der Waals surface area contributed by atoms with Crippen LogP contribution in [0.2, 0.25) is 0 Å². The van der Waals surface area contributed by atoms with Gasteiger partial charge < -0.3 is 4.90 Å². The van der Waals surface area contributed by atoms with Gasteiger partial charge in [0.25, 0.3) is 0 Å². The lowest BCUT2D eigenvalue weighted by molar-refractivity contribution is 0.661. The number of anilines is 3. The average molecular weight is 654 g/mol. The molecular formula is C48H35N3. The van der Waals surface area contributed by atoms with Crippen LogP contribution in [0.4, 0.5) is 17.1 Å². The molecule has 3 nitrogen and oxygen atoms in total. The standard InChI is InChI=1S/C48H35N3/c1-48(2)43-29-35-15-7-6-14-34(35)28-41(43)39-25-23-38(31-44(39)48)50(36-21-19-33(20-22-36)32-12-4-3-5-13-32)37-24-26-46-42(30-37)40-16-8-9-17-45(40)51(46)47-18-10-11-27-49-47/h3-31H,1-2H3. The molecule has 0 saturated heterocycles. The molecule has 7 aromatic carbocycles.